The van der Waals surface area contributed by atoms with Crippen LogP contribution in [0.3, 0.4) is 0 Å². The van der Waals surface area contributed by atoms with Gasteiger partial charge in [-0.1, -0.05) is 6.92 Å². The molecule has 0 saturated carbocycles. The fraction of sp³-hybridized carbons (Fsp3) is 0.455. The highest BCUT2D eigenvalue weighted by Gasteiger charge is 2.18. The van der Waals surface area contributed by atoms with Gasteiger partial charge in [-0.3, -0.25) is 19.0 Å². The lowest BCUT2D eigenvalue weighted by atomic mass is 10.3. The van der Waals surface area contributed by atoms with Gasteiger partial charge in [0.25, 0.3) is 5.56 Å². The van der Waals surface area contributed by atoms with Crippen molar-refractivity contribution in [1.82, 2.24) is 19.2 Å². The van der Waals surface area contributed by atoms with Gasteiger partial charge >= 0.3 is 0 Å². The van der Waals surface area contributed by atoms with E-state index in [0.717, 1.165) is 74.5 Å². The number of hydrogen-bond donors (Lipinski definition) is 0. The maximum atomic E-state index is 12.1. The van der Waals surface area contributed by atoms with Gasteiger partial charge in [0.2, 0.25) is 0 Å². The lowest BCUT2D eigenvalue weighted by Crippen LogP contribution is -2.47. The molecule has 1 aliphatic heterocycles. The van der Waals surface area contributed by atoms with E-state index in [2.05, 4.69) is 21.7 Å². The smallest absolute Gasteiger partial charge is 0.258 e. The fourth-order valence-electron chi connectivity index (χ4n) is 3.51. The molecule has 0 atom stereocenters. The number of piperazine rings is 1. The summed E-state index contributed by atoms with van der Waals surface area (Å²) in [6.07, 6.45) is 2.78. The van der Waals surface area contributed by atoms with Crippen LogP contribution in [-0.2, 0) is 6.54 Å². The second-order valence-electron chi connectivity index (χ2n) is 7.43. The van der Waals surface area contributed by atoms with Crippen LogP contribution in [0.4, 0.5) is 0 Å². The quantitative estimate of drug-likeness (QED) is 0.522. The average Bonchev–Trinajstić information content (AvgIpc) is 3.24. The van der Waals surface area contributed by atoms with Crippen molar-refractivity contribution in [2.45, 2.75) is 19.9 Å². The standard InChI is InChI=1S/C22H28N4O3S/c1-2-13-28-19-3-5-20(6-4-19)29-14-11-24-7-9-25(10-8-24)17-18-16-21(27)26-12-15-30-22(26)23-18/h3-6,12,15-16H,2,7-11,13-14,17H2,1H3. The summed E-state index contributed by atoms with van der Waals surface area (Å²) in [6, 6.07) is 9.48. The molecule has 2 aromatic heterocycles. The van der Waals surface area contributed by atoms with Crippen LogP contribution in [0.25, 0.3) is 4.96 Å². The van der Waals surface area contributed by atoms with Gasteiger partial charge in [0.15, 0.2) is 4.96 Å². The Kier molecular flexibility index (Phi) is 6.99. The molecule has 0 spiro atoms. The van der Waals surface area contributed by atoms with Crippen molar-refractivity contribution in [3.8, 4) is 11.5 Å². The first-order valence-corrected chi connectivity index (χ1v) is 11.4. The Balaban J connectivity index is 1.18. The van der Waals surface area contributed by atoms with Crippen molar-refractivity contribution >= 4 is 16.3 Å². The van der Waals surface area contributed by atoms with E-state index in [1.54, 1.807) is 16.7 Å². The molecule has 3 aromatic rings. The number of rotatable bonds is 9. The number of thiazole rings is 1. The molecule has 3 heterocycles. The SMILES string of the molecule is CCCOc1ccc(OCCN2CCN(Cc3cc(=O)n4ccsc4n3)CC2)cc1. The summed E-state index contributed by atoms with van der Waals surface area (Å²) in [5.74, 6) is 1.76. The molecule has 8 heteroatoms. The molecule has 1 aromatic carbocycles. The predicted molar refractivity (Wildman–Crippen MR) is 119 cm³/mol. The van der Waals surface area contributed by atoms with Crippen LogP contribution in [-0.4, -0.2) is 65.1 Å². The van der Waals surface area contributed by atoms with Gasteiger partial charge in [-0.2, -0.15) is 0 Å². The van der Waals surface area contributed by atoms with Gasteiger partial charge in [-0.15, -0.1) is 11.3 Å². The zero-order valence-electron chi connectivity index (χ0n) is 17.3. The van der Waals surface area contributed by atoms with Crippen molar-refractivity contribution in [2.24, 2.45) is 0 Å². The van der Waals surface area contributed by atoms with E-state index >= 15 is 0 Å². The van der Waals surface area contributed by atoms with Gasteiger partial charge in [-0.25, -0.2) is 4.98 Å². The molecule has 0 bridgehead atoms. The molecule has 1 fully saturated rings. The molecular weight excluding hydrogens is 400 g/mol. The average molecular weight is 429 g/mol. The van der Waals surface area contributed by atoms with E-state index in [1.807, 2.05) is 29.6 Å². The molecule has 4 rings (SSSR count). The fourth-order valence-corrected chi connectivity index (χ4v) is 4.25. The number of nitrogens with zero attached hydrogens (tertiary/aromatic N) is 4. The van der Waals surface area contributed by atoms with Crippen LogP contribution in [0.5, 0.6) is 11.5 Å². The second-order valence-corrected chi connectivity index (χ2v) is 8.30. The summed E-state index contributed by atoms with van der Waals surface area (Å²) >= 11 is 1.49. The van der Waals surface area contributed by atoms with Crippen molar-refractivity contribution in [3.63, 3.8) is 0 Å². The largest absolute Gasteiger partial charge is 0.494 e. The number of fused-ring (bicyclic) bond motifs is 1. The Morgan fingerprint density at radius 2 is 1.67 bits per heavy atom. The lowest BCUT2D eigenvalue weighted by Gasteiger charge is -2.34. The Morgan fingerprint density at radius 3 is 2.37 bits per heavy atom. The molecule has 0 N–H and O–H groups in total. The molecule has 0 amide bonds. The molecule has 1 saturated heterocycles. The second kappa shape index (κ2) is 10.1. The first-order valence-electron chi connectivity index (χ1n) is 10.5. The van der Waals surface area contributed by atoms with Crippen LogP contribution in [0, 0.1) is 0 Å². The predicted octanol–water partition coefficient (Wildman–Crippen LogP) is 2.74. The van der Waals surface area contributed by atoms with E-state index in [1.165, 1.54) is 11.3 Å². The van der Waals surface area contributed by atoms with Crippen molar-refractivity contribution in [2.75, 3.05) is 45.9 Å². The summed E-state index contributed by atoms with van der Waals surface area (Å²) in [5, 5.41) is 1.89. The summed E-state index contributed by atoms with van der Waals surface area (Å²) in [7, 11) is 0. The van der Waals surface area contributed by atoms with Gasteiger partial charge in [-0.05, 0) is 30.7 Å². The highest BCUT2D eigenvalue weighted by Crippen LogP contribution is 2.18. The Labute approximate surface area is 180 Å². The third-order valence-corrected chi connectivity index (χ3v) is 5.94. The first-order chi connectivity index (χ1) is 14.7. The van der Waals surface area contributed by atoms with E-state index in [4.69, 9.17) is 9.47 Å². The van der Waals surface area contributed by atoms with Crippen molar-refractivity contribution in [3.05, 3.63) is 58.0 Å². The van der Waals surface area contributed by atoms with Crippen molar-refractivity contribution < 1.29 is 9.47 Å². The molecule has 7 nitrogen and oxygen atoms in total. The molecule has 1 aliphatic rings. The van der Waals surface area contributed by atoms with Crippen LogP contribution in [0.1, 0.15) is 19.0 Å². The summed E-state index contributed by atoms with van der Waals surface area (Å²) in [5.41, 5.74) is 0.850. The molecule has 0 aliphatic carbocycles. The van der Waals surface area contributed by atoms with Crippen LogP contribution in [0.15, 0.2) is 46.7 Å². The molecule has 160 valence electrons. The molecule has 0 radical (unpaired) electrons. The molecular formula is C22H28N4O3S. The Hall–Kier alpha value is -2.42. The minimum atomic E-state index is -0.00278. The van der Waals surface area contributed by atoms with E-state index in [9.17, 15) is 4.79 Å². The zero-order chi connectivity index (χ0) is 20.8. The number of hydrogen-bond acceptors (Lipinski definition) is 7. The topological polar surface area (TPSA) is 59.3 Å². The van der Waals surface area contributed by atoms with Gasteiger partial charge in [0.1, 0.15) is 18.1 Å². The highest BCUT2D eigenvalue weighted by atomic mass is 32.1. The molecule has 30 heavy (non-hydrogen) atoms. The summed E-state index contributed by atoms with van der Waals surface area (Å²) in [6.45, 7) is 9.05. The summed E-state index contributed by atoms with van der Waals surface area (Å²) < 4.78 is 13.1. The van der Waals surface area contributed by atoms with E-state index in [-0.39, 0.29) is 5.56 Å². The number of aromatic nitrogens is 2. The van der Waals surface area contributed by atoms with Gasteiger partial charge in [0, 0.05) is 56.9 Å². The van der Waals surface area contributed by atoms with Crippen molar-refractivity contribution in [1.29, 1.82) is 0 Å². The third kappa shape index (κ3) is 5.38. The zero-order valence-corrected chi connectivity index (χ0v) is 18.1. The number of ether oxygens (including phenoxy) is 2. The van der Waals surface area contributed by atoms with Crippen LogP contribution >= 0.6 is 11.3 Å². The normalized spacial score (nSPS) is 15.5. The van der Waals surface area contributed by atoms with Gasteiger partial charge < -0.3 is 9.47 Å². The maximum Gasteiger partial charge on any atom is 0.258 e. The third-order valence-electron chi connectivity index (χ3n) is 5.18. The van der Waals surface area contributed by atoms with Gasteiger partial charge in [0.05, 0.1) is 12.3 Å². The van der Waals surface area contributed by atoms with Crippen LogP contribution < -0.4 is 15.0 Å². The maximum absolute atomic E-state index is 12.1. The minimum Gasteiger partial charge on any atom is -0.494 e. The Bertz CT molecular complexity index is 994. The number of benzene rings is 1. The summed E-state index contributed by atoms with van der Waals surface area (Å²) in [4.78, 5) is 22.3. The van der Waals surface area contributed by atoms with E-state index in [0.29, 0.717) is 6.61 Å². The van der Waals surface area contributed by atoms with E-state index < -0.39 is 0 Å². The first kappa shape index (κ1) is 20.8. The lowest BCUT2D eigenvalue weighted by molar-refractivity contribution is 0.111. The van der Waals surface area contributed by atoms with Crippen LogP contribution in [0.2, 0.25) is 0 Å². The monoisotopic (exact) mass is 428 g/mol. The Morgan fingerprint density at radius 1 is 1.00 bits per heavy atom. The molecule has 0 unspecified atom stereocenters. The minimum absolute atomic E-state index is 0.00278. The highest BCUT2D eigenvalue weighted by molar-refractivity contribution is 7.15.